The van der Waals surface area contributed by atoms with Crippen LogP contribution < -0.4 is 5.32 Å². The van der Waals surface area contributed by atoms with Crippen LogP contribution in [0, 0.1) is 5.41 Å². The van der Waals surface area contributed by atoms with E-state index >= 15 is 0 Å². The maximum atomic E-state index is 12.1. The number of pyridine rings is 1. The number of aromatic nitrogens is 2. The van der Waals surface area contributed by atoms with Gasteiger partial charge in [-0.25, -0.2) is 4.52 Å². The second kappa shape index (κ2) is 5.66. The Labute approximate surface area is 122 Å². The highest BCUT2D eigenvalue weighted by molar-refractivity contribution is 6.09. The summed E-state index contributed by atoms with van der Waals surface area (Å²) in [6, 6.07) is 1.51. The molecule has 110 valence electrons. The third-order valence-corrected chi connectivity index (χ3v) is 3.02. The number of carbonyl (C=O) groups excluding carboxylic acids is 1. The molecule has 2 aromatic heterocycles. The predicted molar refractivity (Wildman–Crippen MR) is 80.7 cm³/mol. The molecule has 0 aromatic carbocycles. The van der Waals surface area contributed by atoms with Crippen LogP contribution >= 0.6 is 0 Å². The number of hydrogen-bond donors (Lipinski definition) is 3. The van der Waals surface area contributed by atoms with E-state index in [0.717, 1.165) is 0 Å². The Kier molecular flexibility index (Phi) is 3.93. The van der Waals surface area contributed by atoms with Gasteiger partial charge in [-0.15, -0.1) is 0 Å². The van der Waals surface area contributed by atoms with E-state index in [1.165, 1.54) is 27.9 Å². The van der Waals surface area contributed by atoms with E-state index in [9.17, 15) is 9.90 Å². The van der Waals surface area contributed by atoms with Crippen molar-refractivity contribution >= 4 is 23.2 Å². The van der Waals surface area contributed by atoms with Crippen molar-refractivity contribution in [3.63, 3.8) is 0 Å². The van der Waals surface area contributed by atoms with Gasteiger partial charge in [0.1, 0.15) is 11.3 Å². The first-order chi connectivity index (χ1) is 9.99. The summed E-state index contributed by atoms with van der Waals surface area (Å²) in [6.07, 6.45) is 5.90. The molecule has 0 radical (unpaired) electrons. The van der Waals surface area contributed by atoms with E-state index in [1.54, 1.807) is 33.5 Å². The summed E-state index contributed by atoms with van der Waals surface area (Å²) in [5, 5.41) is 24.6. The molecule has 2 aromatic rings. The molecule has 7 nitrogen and oxygen atoms in total. The van der Waals surface area contributed by atoms with E-state index in [0.29, 0.717) is 22.2 Å². The Morgan fingerprint density at radius 1 is 1.52 bits per heavy atom. The number of amides is 1. The molecule has 0 aliphatic carbocycles. The molecule has 0 aliphatic heterocycles. The molecule has 3 N–H and O–H groups in total. The normalized spacial score (nSPS) is 11.5. The number of allylic oxidation sites excluding steroid dienone is 1. The molecule has 0 saturated heterocycles. The smallest absolute Gasteiger partial charge is 0.257 e. The number of nitrogens with zero attached hydrogens (tertiary/aromatic N) is 3. The van der Waals surface area contributed by atoms with Gasteiger partial charge in [0.2, 0.25) is 0 Å². The highest BCUT2D eigenvalue weighted by Crippen LogP contribution is 2.26. The summed E-state index contributed by atoms with van der Waals surface area (Å²) < 4.78 is 1.44. The molecule has 2 heterocycles. The van der Waals surface area contributed by atoms with Gasteiger partial charge in [0.25, 0.3) is 5.91 Å². The first kappa shape index (κ1) is 14.6. The standard InChI is InChI=1S/C14H17N5O2/c1-16-6-10(5-15)9-4-12(20)13-11(14(21)18(2)3)7-17-19(13)8-9/h4-8,15-16,20H,1-3H3/b10-6+,15-5?. The second-order valence-corrected chi connectivity index (χ2v) is 4.70. The van der Waals surface area contributed by atoms with Crippen molar-refractivity contribution in [1.82, 2.24) is 19.8 Å². The van der Waals surface area contributed by atoms with Crippen LogP contribution in [-0.4, -0.2) is 52.9 Å². The van der Waals surface area contributed by atoms with Crippen LogP contribution in [0.5, 0.6) is 5.75 Å². The van der Waals surface area contributed by atoms with E-state index in [4.69, 9.17) is 5.41 Å². The zero-order valence-corrected chi connectivity index (χ0v) is 12.1. The molecule has 0 aliphatic rings. The van der Waals surface area contributed by atoms with Crippen LogP contribution in [0.4, 0.5) is 0 Å². The largest absolute Gasteiger partial charge is 0.506 e. The van der Waals surface area contributed by atoms with E-state index in [-0.39, 0.29) is 11.7 Å². The van der Waals surface area contributed by atoms with Crippen molar-refractivity contribution in [3.8, 4) is 5.75 Å². The first-order valence-electron chi connectivity index (χ1n) is 6.30. The minimum absolute atomic E-state index is 0.0564. The van der Waals surface area contributed by atoms with Crippen molar-refractivity contribution < 1.29 is 9.90 Å². The lowest BCUT2D eigenvalue weighted by Crippen LogP contribution is -2.21. The Morgan fingerprint density at radius 3 is 2.81 bits per heavy atom. The predicted octanol–water partition coefficient (Wildman–Crippen LogP) is 0.952. The average molecular weight is 287 g/mol. The molecular weight excluding hydrogens is 270 g/mol. The fourth-order valence-electron chi connectivity index (χ4n) is 2.02. The van der Waals surface area contributed by atoms with Crippen LogP contribution in [0.25, 0.3) is 11.1 Å². The molecule has 1 amide bonds. The maximum Gasteiger partial charge on any atom is 0.257 e. The maximum absolute atomic E-state index is 12.1. The van der Waals surface area contributed by atoms with Gasteiger partial charge in [0.05, 0.1) is 11.8 Å². The molecule has 0 bridgehead atoms. The lowest BCUT2D eigenvalue weighted by Gasteiger charge is -2.10. The molecule has 7 heteroatoms. The monoisotopic (exact) mass is 287 g/mol. The third-order valence-electron chi connectivity index (χ3n) is 3.02. The van der Waals surface area contributed by atoms with Crippen LogP contribution in [0.15, 0.2) is 24.7 Å². The first-order valence-corrected chi connectivity index (χ1v) is 6.30. The average Bonchev–Trinajstić information content (AvgIpc) is 2.88. The van der Waals surface area contributed by atoms with Gasteiger partial charge < -0.3 is 20.7 Å². The Balaban J connectivity index is 2.62. The molecular formula is C14H17N5O2. The number of carbonyl (C=O) groups is 1. The fraction of sp³-hybridized carbons (Fsp3) is 0.214. The van der Waals surface area contributed by atoms with Crippen molar-refractivity contribution in [3.05, 3.63) is 35.8 Å². The van der Waals surface area contributed by atoms with E-state index in [1.807, 2.05) is 0 Å². The molecule has 21 heavy (non-hydrogen) atoms. The number of nitrogens with one attached hydrogen (secondary N) is 2. The number of rotatable bonds is 4. The van der Waals surface area contributed by atoms with Crippen LogP contribution in [0.2, 0.25) is 0 Å². The summed E-state index contributed by atoms with van der Waals surface area (Å²) in [4.78, 5) is 13.5. The summed E-state index contributed by atoms with van der Waals surface area (Å²) in [5.41, 5.74) is 1.89. The highest BCUT2D eigenvalue weighted by Gasteiger charge is 2.18. The second-order valence-electron chi connectivity index (χ2n) is 4.70. The lowest BCUT2D eigenvalue weighted by molar-refractivity contribution is 0.0829. The zero-order chi connectivity index (χ0) is 15.6. The van der Waals surface area contributed by atoms with Gasteiger partial charge in [0, 0.05) is 50.9 Å². The molecule has 0 atom stereocenters. The lowest BCUT2D eigenvalue weighted by atomic mass is 10.1. The summed E-state index contributed by atoms with van der Waals surface area (Å²) >= 11 is 0. The number of fused-ring (bicyclic) bond motifs is 1. The van der Waals surface area contributed by atoms with Gasteiger partial charge in [-0.05, 0) is 6.07 Å². The van der Waals surface area contributed by atoms with Crippen LogP contribution in [0.1, 0.15) is 15.9 Å². The van der Waals surface area contributed by atoms with Crippen LogP contribution in [0.3, 0.4) is 0 Å². The van der Waals surface area contributed by atoms with Crippen molar-refractivity contribution in [1.29, 1.82) is 5.41 Å². The topological polar surface area (TPSA) is 93.7 Å². The quantitative estimate of drug-likeness (QED) is 0.730. The van der Waals surface area contributed by atoms with E-state index < -0.39 is 0 Å². The van der Waals surface area contributed by atoms with Gasteiger partial charge in [0.15, 0.2) is 0 Å². The Hall–Kier alpha value is -2.83. The summed E-state index contributed by atoms with van der Waals surface area (Å²) in [7, 11) is 5.00. The third kappa shape index (κ3) is 2.58. The highest BCUT2D eigenvalue weighted by atomic mass is 16.3. The van der Waals surface area contributed by atoms with Gasteiger partial charge in [-0.3, -0.25) is 4.79 Å². The molecule has 0 fully saturated rings. The summed E-state index contributed by atoms with van der Waals surface area (Å²) in [5.74, 6) is -0.287. The Morgan fingerprint density at radius 2 is 2.24 bits per heavy atom. The molecule has 0 unspecified atom stereocenters. The summed E-state index contributed by atoms with van der Waals surface area (Å²) in [6.45, 7) is 0. The van der Waals surface area contributed by atoms with E-state index in [2.05, 4.69) is 10.4 Å². The molecule has 0 spiro atoms. The Bertz CT molecular complexity index is 730. The van der Waals surface area contributed by atoms with Gasteiger partial charge in [-0.1, -0.05) is 0 Å². The molecule has 0 saturated carbocycles. The van der Waals surface area contributed by atoms with Crippen molar-refractivity contribution in [2.75, 3.05) is 21.1 Å². The zero-order valence-electron chi connectivity index (χ0n) is 12.1. The number of aromatic hydroxyl groups is 1. The minimum Gasteiger partial charge on any atom is -0.506 e. The van der Waals surface area contributed by atoms with Crippen LogP contribution in [-0.2, 0) is 0 Å². The fourth-order valence-corrected chi connectivity index (χ4v) is 2.02. The SMILES string of the molecule is CN/C=C(\C=N)c1cc(O)c2c(C(=O)N(C)C)cnn2c1. The minimum atomic E-state index is -0.230. The van der Waals surface area contributed by atoms with Crippen molar-refractivity contribution in [2.24, 2.45) is 0 Å². The van der Waals surface area contributed by atoms with Gasteiger partial charge >= 0.3 is 0 Å². The van der Waals surface area contributed by atoms with Crippen molar-refractivity contribution in [2.45, 2.75) is 0 Å². The number of hydrogen-bond acceptors (Lipinski definition) is 5. The molecule has 2 rings (SSSR count). The van der Waals surface area contributed by atoms with Gasteiger partial charge in [-0.2, -0.15) is 5.10 Å².